The molecule has 0 aliphatic heterocycles. The Morgan fingerprint density at radius 1 is 1.22 bits per heavy atom. The van der Waals surface area contributed by atoms with Crippen LogP contribution in [0.5, 0.6) is 0 Å². The lowest BCUT2D eigenvalue weighted by atomic mass is 10.3. The molecule has 2 heterocycles. The van der Waals surface area contributed by atoms with Crippen LogP contribution in [0.3, 0.4) is 0 Å². The maximum atomic E-state index is 11.0. The van der Waals surface area contributed by atoms with Crippen LogP contribution in [-0.2, 0) is 10.1 Å². The van der Waals surface area contributed by atoms with Crippen molar-refractivity contribution in [2.24, 2.45) is 5.10 Å². The smallest absolute Gasteiger partial charge is 0.294 e. The lowest BCUT2D eigenvalue weighted by Crippen LogP contribution is -1.98. The Morgan fingerprint density at radius 2 is 1.96 bits per heavy atom. The van der Waals surface area contributed by atoms with Gasteiger partial charge in [-0.2, -0.15) is 13.5 Å². The lowest BCUT2D eigenvalue weighted by Gasteiger charge is -2.01. The normalized spacial score (nSPS) is 12.1. The quantitative estimate of drug-likeness (QED) is 0.428. The van der Waals surface area contributed by atoms with Gasteiger partial charge in [-0.3, -0.25) is 14.4 Å². The molecule has 0 aliphatic rings. The molecule has 0 saturated heterocycles. The number of anilines is 1. The van der Waals surface area contributed by atoms with Crippen molar-refractivity contribution in [1.82, 2.24) is 9.38 Å². The van der Waals surface area contributed by atoms with Crippen LogP contribution in [0.25, 0.3) is 5.65 Å². The van der Waals surface area contributed by atoms with E-state index in [0.717, 1.165) is 0 Å². The maximum Gasteiger partial charge on any atom is 0.294 e. The zero-order valence-corrected chi connectivity index (χ0v) is 13.2. The molecule has 0 unspecified atom stereocenters. The first-order valence-corrected chi connectivity index (χ1v) is 8.26. The molecule has 0 radical (unpaired) electrons. The van der Waals surface area contributed by atoms with Crippen molar-refractivity contribution in [2.75, 3.05) is 5.43 Å². The molecule has 7 nitrogen and oxygen atoms in total. The van der Waals surface area contributed by atoms with Gasteiger partial charge in [-0.15, -0.1) is 0 Å². The number of rotatable bonds is 4. The number of imidazole rings is 1. The summed E-state index contributed by atoms with van der Waals surface area (Å²) in [6.07, 6.45) is 3.33. The van der Waals surface area contributed by atoms with Crippen LogP contribution in [0.1, 0.15) is 5.69 Å². The van der Waals surface area contributed by atoms with Gasteiger partial charge in [0.1, 0.15) is 11.3 Å². The summed E-state index contributed by atoms with van der Waals surface area (Å²) in [7, 11) is -4.20. The number of benzene rings is 1. The van der Waals surface area contributed by atoms with Crippen LogP contribution in [0.15, 0.2) is 58.7 Å². The minimum Gasteiger partial charge on any atom is -0.297 e. The topological polar surface area (TPSA) is 96.1 Å². The van der Waals surface area contributed by atoms with Crippen molar-refractivity contribution in [3.63, 3.8) is 0 Å². The van der Waals surface area contributed by atoms with E-state index in [2.05, 4.69) is 15.5 Å². The zero-order valence-electron chi connectivity index (χ0n) is 11.6. The van der Waals surface area contributed by atoms with Crippen LogP contribution >= 0.6 is 11.6 Å². The highest BCUT2D eigenvalue weighted by molar-refractivity contribution is 7.85. The van der Waals surface area contributed by atoms with E-state index in [1.165, 1.54) is 30.5 Å². The highest BCUT2D eigenvalue weighted by Gasteiger charge is 2.09. The average molecular weight is 351 g/mol. The van der Waals surface area contributed by atoms with Crippen molar-refractivity contribution < 1.29 is 13.0 Å². The van der Waals surface area contributed by atoms with Crippen LogP contribution in [-0.4, -0.2) is 28.6 Å². The van der Waals surface area contributed by atoms with E-state index in [0.29, 0.717) is 22.2 Å². The number of fused-ring (bicyclic) bond motifs is 1. The first kappa shape index (κ1) is 15.5. The summed E-state index contributed by atoms with van der Waals surface area (Å²) in [4.78, 5) is 4.01. The molecule has 0 bridgehead atoms. The SMILES string of the molecule is O=S(=O)(O)c1ccc(N/N=C/c2c(Cl)nc3ccccn23)cc1. The molecular formula is C14H11ClN4O3S. The Morgan fingerprint density at radius 3 is 2.65 bits per heavy atom. The van der Waals surface area contributed by atoms with Crippen molar-refractivity contribution in [3.8, 4) is 0 Å². The molecule has 118 valence electrons. The molecule has 9 heteroatoms. The second-order valence-corrected chi connectivity index (χ2v) is 6.37. The standard InChI is InChI=1S/C14H11ClN4O3S/c15-14-12(19-8-2-1-3-13(19)17-14)9-16-18-10-4-6-11(7-5-10)23(20,21)22/h1-9,18H,(H,20,21,22)/b16-9+. The third-order valence-electron chi connectivity index (χ3n) is 3.05. The minimum atomic E-state index is -4.20. The summed E-state index contributed by atoms with van der Waals surface area (Å²) in [5.74, 6) is 0. The number of hydrogen-bond acceptors (Lipinski definition) is 5. The third kappa shape index (κ3) is 3.34. The van der Waals surface area contributed by atoms with E-state index in [1.807, 2.05) is 24.4 Å². The number of nitrogens with zero attached hydrogens (tertiary/aromatic N) is 3. The number of aromatic nitrogens is 2. The summed E-state index contributed by atoms with van der Waals surface area (Å²) in [5.41, 5.74) is 4.62. The van der Waals surface area contributed by atoms with Crippen molar-refractivity contribution in [2.45, 2.75) is 4.90 Å². The van der Waals surface area contributed by atoms with Gasteiger partial charge in [-0.1, -0.05) is 17.7 Å². The second kappa shape index (κ2) is 5.99. The fourth-order valence-electron chi connectivity index (χ4n) is 1.97. The number of hydrazone groups is 1. The molecule has 3 aromatic rings. The zero-order chi connectivity index (χ0) is 16.4. The first-order chi connectivity index (χ1) is 10.9. The van der Waals surface area contributed by atoms with Crippen molar-refractivity contribution in [3.05, 3.63) is 59.5 Å². The highest BCUT2D eigenvalue weighted by Crippen LogP contribution is 2.16. The van der Waals surface area contributed by atoms with Gasteiger partial charge in [0.2, 0.25) is 0 Å². The lowest BCUT2D eigenvalue weighted by molar-refractivity contribution is 0.483. The molecule has 2 N–H and O–H groups in total. The summed E-state index contributed by atoms with van der Waals surface area (Å²) >= 11 is 6.07. The molecule has 0 aliphatic carbocycles. The second-order valence-electron chi connectivity index (χ2n) is 4.59. The van der Waals surface area contributed by atoms with Crippen LogP contribution in [0.4, 0.5) is 5.69 Å². The minimum absolute atomic E-state index is 0.183. The first-order valence-electron chi connectivity index (χ1n) is 6.44. The van der Waals surface area contributed by atoms with E-state index in [-0.39, 0.29) is 4.90 Å². The molecule has 0 spiro atoms. The van der Waals surface area contributed by atoms with Crippen LogP contribution in [0.2, 0.25) is 5.15 Å². The van der Waals surface area contributed by atoms with Gasteiger partial charge < -0.3 is 0 Å². The monoisotopic (exact) mass is 350 g/mol. The number of hydrogen-bond donors (Lipinski definition) is 2. The molecule has 2 aromatic heterocycles. The molecule has 0 fully saturated rings. The molecule has 0 saturated carbocycles. The highest BCUT2D eigenvalue weighted by atomic mass is 35.5. The van der Waals surface area contributed by atoms with Gasteiger partial charge in [0, 0.05) is 6.20 Å². The Balaban J connectivity index is 1.79. The van der Waals surface area contributed by atoms with Crippen LogP contribution < -0.4 is 5.43 Å². The van der Waals surface area contributed by atoms with E-state index in [1.54, 1.807) is 4.40 Å². The van der Waals surface area contributed by atoms with Crippen LogP contribution in [0, 0.1) is 0 Å². The predicted octanol–water partition coefficient (Wildman–Crippen LogP) is 2.68. The van der Waals surface area contributed by atoms with Gasteiger partial charge >= 0.3 is 0 Å². The summed E-state index contributed by atoms with van der Waals surface area (Å²) in [5, 5.41) is 4.38. The molecule has 3 rings (SSSR count). The number of pyridine rings is 1. The molecular weight excluding hydrogens is 340 g/mol. The van der Waals surface area contributed by atoms with E-state index in [9.17, 15) is 8.42 Å². The van der Waals surface area contributed by atoms with Gasteiger partial charge in [0.15, 0.2) is 5.15 Å². The van der Waals surface area contributed by atoms with Gasteiger partial charge in [-0.25, -0.2) is 4.98 Å². The van der Waals surface area contributed by atoms with Gasteiger partial charge in [0.25, 0.3) is 10.1 Å². The van der Waals surface area contributed by atoms with Crippen molar-refractivity contribution >= 4 is 39.3 Å². The fourth-order valence-corrected chi connectivity index (χ4v) is 2.68. The largest absolute Gasteiger partial charge is 0.297 e. The van der Waals surface area contributed by atoms with E-state index >= 15 is 0 Å². The Hall–Kier alpha value is -2.42. The predicted molar refractivity (Wildman–Crippen MR) is 87.7 cm³/mol. The van der Waals surface area contributed by atoms with Gasteiger partial charge in [-0.05, 0) is 36.4 Å². The van der Waals surface area contributed by atoms with Crippen molar-refractivity contribution in [1.29, 1.82) is 0 Å². The van der Waals surface area contributed by atoms with E-state index < -0.39 is 10.1 Å². The molecule has 1 aromatic carbocycles. The Bertz CT molecular complexity index is 981. The Labute approximate surface area is 137 Å². The number of nitrogens with one attached hydrogen (secondary N) is 1. The molecule has 23 heavy (non-hydrogen) atoms. The Kier molecular flexibility index (Phi) is 4.03. The third-order valence-corrected chi connectivity index (χ3v) is 4.20. The average Bonchev–Trinajstić information content (AvgIpc) is 2.83. The summed E-state index contributed by atoms with van der Waals surface area (Å²) < 4.78 is 32.6. The number of halogens is 1. The molecule has 0 atom stereocenters. The van der Waals surface area contributed by atoms with Gasteiger partial charge in [0.05, 0.1) is 16.8 Å². The molecule has 0 amide bonds. The summed E-state index contributed by atoms with van der Waals surface area (Å²) in [6, 6.07) is 11.0. The maximum absolute atomic E-state index is 11.0. The fraction of sp³-hybridized carbons (Fsp3) is 0. The van der Waals surface area contributed by atoms with E-state index in [4.69, 9.17) is 16.2 Å². The summed E-state index contributed by atoms with van der Waals surface area (Å²) in [6.45, 7) is 0.